The fourth-order valence-corrected chi connectivity index (χ4v) is 10.5. The molecule has 0 aromatic carbocycles. The van der Waals surface area contributed by atoms with Crippen molar-refractivity contribution in [3.05, 3.63) is 34.9 Å². The van der Waals surface area contributed by atoms with E-state index in [1.54, 1.807) is 0 Å². The average molecular weight is 507 g/mol. The predicted octanol–water partition coefficient (Wildman–Crippen LogP) is 7.16. The lowest BCUT2D eigenvalue weighted by atomic mass is 9.35. The van der Waals surface area contributed by atoms with Gasteiger partial charge in [0.1, 0.15) is 11.6 Å². The average Bonchev–Trinajstić information content (AvgIpc) is 3.16. The Balaban J connectivity index is 1.52. The molecule has 37 heavy (non-hydrogen) atoms. The summed E-state index contributed by atoms with van der Waals surface area (Å²) in [5, 5.41) is 11.7. The van der Waals surface area contributed by atoms with Crippen molar-refractivity contribution < 1.29 is 9.90 Å². The smallest absolute Gasteiger partial charge is 0.137 e. The molecule has 0 aliphatic heterocycles. The van der Waals surface area contributed by atoms with Crippen LogP contribution in [0.5, 0.6) is 0 Å². The molecule has 1 heterocycles. The molecule has 204 valence electrons. The maximum atomic E-state index is 14.2. The van der Waals surface area contributed by atoms with Gasteiger partial charge in [0.2, 0.25) is 0 Å². The molecule has 8 atom stereocenters. The Labute approximate surface area is 225 Å². The maximum absolute atomic E-state index is 14.2. The van der Waals surface area contributed by atoms with Crippen LogP contribution in [0.25, 0.3) is 0 Å². The number of carbonyl (C=O) groups is 1. The molecule has 0 bridgehead atoms. The third-order valence-electron chi connectivity index (χ3n) is 12.5. The van der Waals surface area contributed by atoms with Gasteiger partial charge in [-0.1, -0.05) is 46.3 Å². The largest absolute Gasteiger partial charge is 0.390 e. The molecule has 3 saturated carbocycles. The van der Waals surface area contributed by atoms with Crippen molar-refractivity contribution in [2.24, 2.45) is 39.9 Å². The molecule has 1 aromatic rings. The van der Waals surface area contributed by atoms with E-state index in [-0.39, 0.29) is 33.5 Å². The molecule has 4 aliphatic rings. The predicted molar refractivity (Wildman–Crippen MR) is 149 cm³/mol. The van der Waals surface area contributed by atoms with E-state index in [4.69, 9.17) is 4.98 Å². The number of allylic oxidation sites excluding steroid dienone is 2. The summed E-state index contributed by atoms with van der Waals surface area (Å²) in [5.74, 6) is 2.13. The lowest BCUT2D eigenvalue weighted by molar-refractivity contribution is -0.194. The summed E-state index contributed by atoms with van der Waals surface area (Å²) in [6.07, 6.45) is 11.9. The summed E-state index contributed by atoms with van der Waals surface area (Å²) < 4.78 is 0. The first-order chi connectivity index (χ1) is 17.1. The molecule has 0 spiro atoms. The quantitative estimate of drug-likeness (QED) is 0.440. The van der Waals surface area contributed by atoms with Crippen molar-refractivity contribution in [2.45, 2.75) is 125 Å². The van der Waals surface area contributed by atoms with Gasteiger partial charge in [0, 0.05) is 24.0 Å². The van der Waals surface area contributed by atoms with Crippen LogP contribution in [0.15, 0.2) is 17.8 Å². The standard InChI is InChI=1S/C33H50N2O2/c1-20(2)11-10-14-33(9,37)23-12-15-32(8)27(23)24(36)17-26-30(6)18-22-19-34-21(3)35-28(22)29(4,5)25(30)13-16-31(26,32)7/h11,19,23,25-27,37H,10,12-18H2,1-9H3/t23-,25-,26+,27-,30-,31+,32+,33-/m0/s1. The molecular formula is C33H50N2O2. The van der Waals surface area contributed by atoms with Crippen LogP contribution in [0.3, 0.4) is 0 Å². The zero-order chi connectivity index (χ0) is 27.2. The number of aliphatic hydroxyl groups is 1. The Kier molecular flexibility index (Phi) is 6.19. The Morgan fingerprint density at radius 3 is 2.46 bits per heavy atom. The highest BCUT2D eigenvalue weighted by atomic mass is 16.3. The summed E-state index contributed by atoms with van der Waals surface area (Å²) in [6.45, 7) is 20.4. The summed E-state index contributed by atoms with van der Waals surface area (Å²) >= 11 is 0. The third-order valence-corrected chi connectivity index (χ3v) is 12.5. The van der Waals surface area contributed by atoms with Gasteiger partial charge in [-0.3, -0.25) is 4.79 Å². The van der Waals surface area contributed by atoms with Crippen LogP contribution in [-0.4, -0.2) is 26.5 Å². The number of aromatic nitrogens is 2. The normalized spacial score (nSPS) is 41.6. The Morgan fingerprint density at radius 1 is 1.11 bits per heavy atom. The minimum atomic E-state index is -0.810. The molecule has 1 aromatic heterocycles. The second-order valence-corrected chi connectivity index (χ2v) is 15.1. The second-order valence-electron chi connectivity index (χ2n) is 15.1. The highest BCUT2D eigenvalue weighted by molar-refractivity contribution is 5.84. The molecular weight excluding hydrogens is 456 g/mol. The first-order valence-corrected chi connectivity index (χ1v) is 14.8. The minimum absolute atomic E-state index is 0.0366. The molecule has 4 heteroatoms. The fourth-order valence-electron chi connectivity index (χ4n) is 10.5. The van der Waals surface area contributed by atoms with Gasteiger partial charge < -0.3 is 5.11 Å². The summed E-state index contributed by atoms with van der Waals surface area (Å²) in [7, 11) is 0. The molecule has 0 unspecified atom stereocenters. The van der Waals surface area contributed by atoms with Crippen LogP contribution in [0, 0.1) is 46.8 Å². The Hall–Kier alpha value is -1.55. The van der Waals surface area contributed by atoms with Gasteiger partial charge in [-0.15, -0.1) is 0 Å². The highest BCUT2D eigenvalue weighted by Crippen LogP contribution is 2.74. The van der Waals surface area contributed by atoms with E-state index in [2.05, 4.69) is 65.7 Å². The van der Waals surface area contributed by atoms with Crippen molar-refractivity contribution in [3.63, 3.8) is 0 Å². The van der Waals surface area contributed by atoms with E-state index in [0.29, 0.717) is 24.0 Å². The molecule has 3 fully saturated rings. The summed E-state index contributed by atoms with van der Waals surface area (Å²) in [4.78, 5) is 23.8. The lowest BCUT2D eigenvalue weighted by Gasteiger charge is -2.68. The molecule has 0 saturated heterocycles. The van der Waals surface area contributed by atoms with Crippen LogP contribution < -0.4 is 0 Å². The van der Waals surface area contributed by atoms with Gasteiger partial charge in [0.15, 0.2) is 0 Å². The number of hydrogen-bond acceptors (Lipinski definition) is 4. The van der Waals surface area contributed by atoms with Crippen LogP contribution in [-0.2, 0) is 16.6 Å². The second kappa shape index (κ2) is 8.47. The van der Waals surface area contributed by atoms with Crippen molar-refractivity contribution >= 4 is 5.78 Å². The van der Waals surface area contributed by atoms with Gasteiger partial charge in [0.25, 0.3) is 0 Å². The third kappa shape index (κ3) is 3.74. The van der Waals surface area contributed by atoms with E-state index in [1.165, 1.54) is 23.3 Å². The number of rotatable bonds is 4. The zero-order valence-electron chi connectivity index (χ0n) is 24.9. The van der Waals surface area contributed by atoms with Crippen molar-refractivity contribution in [1.82, 2.24) is 9.97 Å². The van der Waals surface area contributed by atoms with Gasteiger partial charge in [-0.25, -0.2) is 9.97 Å². The first kappa shape index (κ1) is 27.0. The van der Waals surface area contributed by atoms with Crippen LogP contribution in [0.4, 0.5) is 0 Å². The number of Topliss-reactive ketones (excluding diaryl/α,β-unsaturated/α-hetero) is 1. The minimum Gasteiger partial charge on any atom is -0.390 e. The monoisotopic (exact) mass is 506 g/mol. The zero-order valence-corrected chi connectivity index (χ0v) is 24.9. The van der Waals surface area contributed by atoms with Crippen molar-refractivity contribution in [2.75, 3.05) is 0 Å². The fraction of sp³-hybridized carbons (Fsp3) is 0.788. The number of nitrogens with zero attached hydrogens (tertiary/aromatic N) is 2. The topological polar surface area (TPSA) is 63.1 Å². The van der Waals surface area contributed by atoms with E-state index in [0.717, 1.165) is 44.3 Å². The first-order valence-electron chi connectivity index (χ1n) is 14.8. The van der Waals surface area contributed by atoms with E-state index >= 15 is 0 Å². The summed E-state index contributed by atoms with van der Waals surface area (Å²) in [6, 6.07) is 0. The lowest BCUT2D eigenvalue weighted by Crippen LogP contribution is -2.65. The molecule has 0 amide bonds. The van der Waals surface area contributed by atoms with Gasteiger partial charge in [-0.2, -0.15) is 0 Å². The molecule has 5 rings (SSSR count). The summed E-state index contributed by atoms with van der Waals surface area (Å²) in [5.41, 5.74) is 3.01. The van der Waals surface area contributed by atoms with E-state index in [9.17, 15) is 9.90 Å². The Morgan fingerprint density at radius 2 is 1.78 bits per heavy atom. The number of ketones is 1. The maximum Gasteiger partial charge on any atom is 0.137 e. The SMILES string of the molecule is CC(C)=CCC[C@](C)(O)[C@H]1CC[C@]2(C)[C@@H]1C(=O)C[C@@H]1[C@@]3(C)Cc4cnc(C)nc4C(C)(C)[C@@H]3CC[C@]12C. The van der Waals surface area contributed by atoms with Crippen LogP contribution in [0.2, 0.25) is 0 Å². The van der Waals surface area contributed by atoms with Crippen LogP contribution in [0.1, 0.15) is 117 Å². The van der Waals surface area contributed by atoms with Crippen molar-refractivity contribution in [1.29, 1.82) is 0 Å². The van der Waals surface area contributed by atoms with Gasteiger partial charge in [-0.05, 0) is 112 Å². The molecule has 1 N–H and O–H groups in total. The van der Waals surface area contributed by atoms with Gasteiger partial charge >= 0.3 is 0 Å². The van der Waals surface area contributed by atoms with E-state index < -0.39 is 5.60 Å². The number of fused-ring (bicyclic) bond motifs is 6. The molecule has 4 aliphatic carbocycles. The number of carbonyl (C=O) groups excluding carboxylic acids is 1. The highest BCUT2D eigenvalue weighted by Gasteiger charge is 2.71. The van der Waals surface area contributed by atoms with E-state index in [1.807, 2.05) is 13.8 Å². The van der Waals surface area contributed by atoms with Gasteiger partial charge in [0.05, 0.1) is 11.3 Å². The number of hydrogen-bond donors (Lipinski definition) is 1. The molecule has 0 radical (unpaired) electrons. The Bertz CT molecular complexity index is 1130. The van der Waals surface area contributed by atoms with Crippen molar-refractivity contribution in [3.8, 4) is 0 Å². The van der Waals surface area contributed by atoms with Crippen LogP contribution >= 0.6 is 0 Å². The number of aryl methyl sites for hydroxylation is 1. The molecule has 4 nitrogen and oxygen atoms in total.